The maximum absolute atomic E-state index is 13.2. The van der Waals surface area contributed by atoms with Crippen molar-refractivity contribution in [1.29, 1.82) is 0 Å². The highest BCUT2D eigenvalue weighted by Crippen LogP contribution is 2.33. The summed E-state index contributed by atoms with van der Waals surface area (Å²) in [7, 11) is 1.63. The summed E-state index contributed by atoms with van der Waals surface area (Å²) in [6, 6.07) is 5.40. The normalized spacial score (nSPS) is 26.0. The number of likely N-dealkylation sites (N-methyl/N-ethyl adjacent to an activating group) is 1. The number of carbonyl (C=O) groups is 3. The van der Waals surface area contributed by atoms with Gasteiger partial charge in [0.1, 0.15) is 12.1 Å². The molecule has 0 radical (unpaired) electrons. The predicted octanol–water partition coefficient (Wildman–Crippen LogP) is -0.618. The lowest BCUT2D eigenvalue weighted by Gasteiger charge is -2.30. The Morgan fingerprint density at radius 1 is 1.03 bits per heavy atom. The first-order valence-corrected chi connectivity index (χ1v) is 12.0. The molecule has 0 spiro atoms. The van der Waals surface area contributed by atoms with Gasteiger partial charge >= 0.3 is 0 Å². The van der Waals surface area contributed by atoms with Crippen molar-refractivity contribution < 1.29 is 19.1 Å². The first-order chi connectivity index (χ1) is 16.3. The van der Waals surface area contributed by atoms with Gasteiger partial charge in [-0.2, -0.15) is 0 Å². The Bertz CT molecular complexity index is 842. The van der Waals surface area contributed by atoms with E-state index in [1.54, 1.807) is 14.0 Å². The molecule has 3 unspecified atom stereocenters. The van der Waals surface area contributed by atoms with Crippen molar-refractivity contribution in [1.82, 2.24) is 20.9 Å². The van der Waals surface area contributed by atoms with E-state index < -0.39 is 18.2 Å². The second kappa shape index (κ2) is 12.3. The highest BCUT2D eigenvalue weighted by molar-refractivity contribution is 5.93. The Morgan fingerprint density at radius 2 is 1.71 bits per heavy atom. The molecule has 10 nitrogen and oxygen atoms in total. The van der Waals surface area contributed by atoms with E-state index in [0.29, 0.717) is 32.2 Å². The molecule has 3 atom stereocenters. The molecule has 1 saturated carbocycles. The second-order valence-electron chi connectivity index (χ2n) is 9.25. The molecule has 3 amide bonds. The number of nitrogens with zero attached hydrogens (tertiary/aromatic N) is 1. The van der Waals surface area contributed by atoms with Gasteiger partial charge in [0.2, 0.25) is 17.7 Å². The molecule has 34 heavy (non-hydrogen) atoms. The van der Waals surface area contributed by atoms with Crippen LogP contribution in [0, 0.1) is 5.92 Å². The molecule has 3 rings (SSSR count). The van der Waals surface area contributed by atoms with Gasteiger partial charge in [0.25, 0.3) is 0 Å². The third-order valence-electron chi connectivity index (χ3n) is 6.49. The summed E-state index contributed by atoms with van der Waals surface area (Å²) in [5.74, 6) is -0.266. The van der Waals surface area contributed by atoms with E-state index in [1.165, 1.54) is 4.90 Å². The Morgan fingerprint density at radius 3 is 2.35 bits per heavy atom. The second-order valence-corrected chi connectivity index (χ2v) is 9.25. The van der Waals surface area contributed by atoms with E-state index in [9.17, 15) is 14.4 Å². The third kappa shape index (κ3) is 7.49. The van der Waals surface area contributed by atoms with Gasteiger partial charge in [-0.15, -0.1) is 0 Å². The zero-order chi connectivity index (χ0) is 24.7. The summed E-state index contributed by atoms with van der Waals surface area (Å²) < 4.78 is 5.61. The van der Waals surface area contributed by atoms with Crippen molar-refractivity contribution in [3.63, 3.8) is 0 Å². The Kier molecular flexibility index (Phi) is 9.40. The van der Waals surface area contributed by atoms with Crippen molar-refractivity contribution >= 4 is 17.7 Å². The number of carbonyl (C=O) groups excluding carboxylic acids is 3. The summed E-state index contributed by atoms with van der Waals surface area (Å²) in [6.45, 7) is 3.30. The van der Waals surface area contributed by atoms with Crippen molar-refractivity contribution in [3.8, 4) is 0 Å². The van der Waals surface area contributed by atoms with Gasteiger partial charge in [-0.25, -0.2) is 0 Å². The van der Waals surface area contributed by atoms with Crippen molar-refractivity contribution in [2.24, 2.45) is 17.4 Å². The average Bonchev–Trinajstić information content (AvgIpc) is 3.64. The van der Waals surface area contributed by atoms with Gasteiger partial charge < -0.3 is 37.1 Å². The van der Waals surface area contributed by atoms with Crippen molar-refractivity contribution in [2.75, 3.05) is 33.4 Å². The Hall–Kier alpha value is -2.53. The van der Waals surface area contributed by atoms with Gasteiger partial charge in [-0.05, 0) is 30.4 Å². The molecule has 0 aromatic heterocycles. The van der Waals surface area contributed by atoms with Crippen LogP contribution in [0.25, 0.3) is 0 Å². The number of benzene rings is 1. The molecule has 1 heterocycles. The topological polar surface area (TPSA) is 152 Å². The smallest absolute Gasteiger partial charge is 0.243 e. The van der Waals surface area contributed by atoms with Crippen LogP contribution in [0.15, 0.2) is 24.3 Å². The van der Waals surface area contributed by atoms with Crippen LogP contribution in [0.4, 0.5) is 0 Å². The first kappa shape index (κ1) is 26.1. The van der Waals surface area contributed by atoms with Crippen LogP contribution in [0.5, 0.6) is 0 Å². The molecule has 2 aliphatic rings. The molecule has 7 N–H and O–H groups in total. The largest absolute Gasteiger partial charge is 0.378 e. The fraction of sp³-hybridized carbons (Fsp3) is 0.625. The van der Waals surface area contributed by atoms with Crippen molar-refractivity contribution in [3.05, 3.63) is 35.4 Å². The summed E-state index contributed by atoms with van der Waals surface area (Å²) >= 11 is 0. The Balaban J connectivity index is 1.74. The van der Waals surface area contributed by atoms with Crippen LogP contribution >= 0.6 is 0 Å². The fourth-order valence-corrected chi connectivity index (χ4v) is 3.96. The monoisotopic (exact) mass is 474 g/mol. The average molecular weight is 475 g/mol. The quantitative estimate of drug-likeness (QED) is 0.357. The molecular formula is C24H38N6O4. The van der Waals surface area contributed by atoms with Crippen LogP contribution in [-0.2, 0) is 25.5 Å². The lowest BCUT2D eigenvalue weighted by Crippen LogP contribution is -2.56. The summed E-state index contributed by atoms with van der Waals surface area (Å²) in [5, 5.41) is 8.95. The number of nitrogens with two attached hydrogens (primary N) is 2. The minimum absolute atomic E-state index is 0.126. The maximum atomic E-state index is 13.2. The molecule has 0 bridgehead atoms. The molecule has 10 heteroatoms. The number of rotatable bonds is 5. The van der Waals surface area contributed by atoms with Gasteiger partial charge in [0, 0.05) is 26.6 Å². The molecule has 1 aromatic rings. The maximum Gasteiger partial charge on any atom is 0.243 e. The minimum Gasteiger partial charge on any atom is -0.378 e. The molecule has 1 saturated heterocycles. The lowest BCUT2D eigenvalue weighted by molar-refractivity contribution is -0.141. The highest BCUT2D eigenvalue weighted by atomic mass is 16.5. The van der Waals surface area contributed by atoms with E-state index in [0.717, 1.165) is 30.4 Å². The SMILES string of the molecule is CC1C(=O)NC(Cc2ccc(C(N)N)cc2)C(=O)NCCOCCNC(CC2CC2)C(=O)N1C. The van der Waals surface area contributed by atoms with Crippen LogP contribution in [0.1, 0.15) is 43.5 Å². The summed E-state index contributed by atoms with van der Waals surface area (Å²) in [4.78, 5) is 40.6. The van der Waals surface area contributed by atoms with Gasteiger partial charge in [0.05, 0.1) is 25.4 Å². The van der Waals surface area contributed by atoms with E-state index in [2.05, 4.69) is 16.0 Å². The highest BCUT2D eigenvalue weighted by Gasteiger charge is 2.34. The molecule has 1 aliphatic carbocycles. The first-order valence-electron chi connectivity index (χ1n) is 12.0. The minimum atomic E-state index is -0.804. The number of hydrogen-bond donors (Lipinski definition) is 5. The molecule has 2 fully saturated rings. The van der Waals surface area contributed by atoms with Crippen LogP contribution < -0.4 is 27.4 Å². The molecule has 1 aromatic carbocycles. The van der Waals surface area contributed by atoms with E-state index in [4.69, 9.17) is 16.2 Å². The number of nitrogens with one attached hydrogen (secondary N) is 3. The van der Waals surface area contributed by atoms with Crippen LogP contribution in [0.3, 0.4) is 0 Å². The zero-order valence-corrected chi connectivity index (χ0v) is 20.1. The number of hydrogen-bond acceptors (Lipinski definition) is 7. The molecular weight excluding hydrogens is 436 g/mol. The lowest BCUT2D eigenvalue weighted by atomic mass is 10.0. The van der Waals surface area contributed by atoms with Gasteiger partial charge in [-0.1, -0.05) is 37.1 Å². The molecule has 188 valence electrons. The van der Waals surface area contributed by atoms with Gasteiger partial charge in [-0.3, -0.25) is 14.4 Å². The van der Waals surface area contributed by atoms with E-state index in [-0.39, 0.29) is 30.2 Å². The number of amides is 3. The zero-order valence-electron chi connectivity index (χ0n) is 20.1. The van der Waals surface area contributed by atoms with E-state index >= 15 is 0 Å². The summed E-state index contributed by atoms with van der Waals surface area (Å²) in [6.07, 6.45) is 2.73. The summed E-state index contributed by atoms with van der Waals surface area (Å²) in [5.41, 5.74) is 13.0. The van der Waals surface area contributed by atoms with Crippen LogP contribution in [0.2, 0.25) is 0 Å². The predicted molar refractivity (Wildman–Crippen MR) is 128 cm³/mol. The Labute approximate surface area is 201 Å². The standard InChI is InChI=1S/C24H38N6O4/c1-15-22(31)29-19(13-17-5-7-18(8-6-17)21(25)26)23(32)28-10-12-34-11-9-27-20(14-16-3-4-16)24(33)30(15)2/h5-8,15-16,19-21,27H,3-4,9-14,25-26H2,1-2H3,(H,28,32)(H,29,31). The fourth-order valence-electron chi connectivity index (χ4n) is 3.96. The number of ether oxygens (including phenoxy) is 1. The molecule has 1 aliphatic heterocycles. The van der Waals surface area contributed by atoms with E-state index in [1.807, 2.05) is 24.3 Å². The third-order valence-corrected chi connectivity index (χ3v) is 6.49. The van der Waals surface area contributed by atoms with Crippen LogP contribution in [-0.4, -0.2) is 74.1 Å². The van der Waals surface area contributed by atoms with Gasteiger partial charge in [0.15, 0.2) is 0 Å². The van der Waals surface area contributed by atoms with Crippen molar-refractivity contribution in [2.45, 2.75) is 56.9 Å².